The van der Waals surface area contributed by atoms with Gasteiger partial charge in [0.05, 0.1) is 0 Å². The molecule has 0 amide bonds. The Bertz CT molecular complexity index is 2280. The summed E-state index contributed by atoms with van der Waals surface area (Å²) in [5, 5.41) is 8.53. The first-order chi connectivity index (χ1) is 21.2. The van der Waals surface area contributed by atoms with E-state index in [4.69, 9.17) is 11.6 Å². The van der Waals surface area contributed by atoms with E-state index in [0.29, 0.717) is 0 Å². The standard InChI is InChI=1S/C42H27Cl/c43-36-16-8-15-34(26-36)32-13-6-11-30(24-32)28-9-5-10-29(23-28)31-12-7-14-33(25-31)35-21-22-41-39-19-2-1-17-37(39)38-18-3-4-20-40(38)42(41)27-35/h1-27H. The van der Waals surface area contributed by atoms with Gasteiger partial charge in [-0.3, -0.25) is 0 Å². The highest BCUT2D eigenvalue weighted by Crippen LogP contribution is 2.38. The maximum Gasteiger partial charge on any atom is 0.0412 e. The van der Waals surface area contributed by atoms with Crippen LogP contribution < -0.4 is 0 Å². The van der Waals surface area contributed by atoms with E-state index in [1.807, 2.05) is 18.2 Å². The summed E-state index contributed by atoms with van der Waals surface area (Å²) in [4.78, 5) is 0. The van der Waals surface area contributed by atoms with Crippen molar-refractivity contribution in [3.8, 4) is 44.5 Å². The predicted octanol–water partition coefficient (Wildman–Crippen LogP) is 12.5. The largest absolute Gasteiger partial charge is 0.0843 e. The average molecular weight is 567 g/mol. The molecule has 0 bridgehead atoms. The molecular weight excluding hydrogens is 540 g/mol. The summed E-state index contributed by atoms with van der Waals surface area (Å²) in [6.07, 6.45) is 0. The second kappa shape index (κ2) is 10.6. The number of rotatable bonds is 4. The normalized spacial score (nSPS) is 11.4. The van der Waals surface area contributed by atoms with Gasteiger partial charge >= 0.3 is 0 Å². The van der Waals surface area contributed by atoms with Crippen molar-refractivity contribution in [3.05, 3.63) is 169 Å². The Morgan fingerprint density at radius 2 is 0.558 bits per heavy atom. The van der Waals surface area contributed by atoms with Crippen LogP contribution in [-0.2, 0) is 0 Å². The summed E-state index contributed by atoms with van der Waals surface area (Å²) < 4.78 is 0. The summed E-state index contributed by atoms with van der Waals surface area (Å²) in [6, 6.07) is 58.8. The first-order valence-electron chi connectivity index (χ1n) is 14.6. The number of hydrogen-bond donors (Lipinski definition) is 0. The molecule has 0 spiro atoms. The Morgan fingerprint density at radius 3 is 0.977 bits per heavy atom. The van der Waals surface area contributed by atoms with E-state index in [1.54, 1.807) is 0 Å². The molecular formula is C42H27Cl. The van der Waals surface area contributed by atoms with Gasteiger partial charge in [-0.2, -0.15) is 0 Å². The van der Waals surface area contributed by atoms with Gasteiger partial charge in [0, 0.05) is 5.02 Å². The monoisotopic (exact) mass is 566 g/mol. The lowest BCUT2D eigenvalue weighted by Gasteiger charge is -2.13. The molecule has 0 aromatic heterocycles. The maximum atomic E-state index is 6.27. The van der Waals surface area contributed by atoms with E-state index in [-0.39, 0.29) is 0 Å². The van der Waals surface area contributed by atoms with E-state index < -0.39 is 0 Å². The molecule has 8 aromatic carbocycles. The number of benzene rings is 8. The maximum absolute atomic E-state index is 6.27. The molecule has 8 rings (SSSR count). The highest BCUT2D eigenvalue weighted by atomic mass is 35.5. The molecule has 202 valence electrons. The van der Waals surface area contributed by atoms with Gasteiger partial charge in [-0.15, -0.1) is 0 Å². The van der Waals surface area contributed by atoms with E-state index in [2.05, 4.69) is 146 Å². The number of hydrogen-bond acceptors (Lipinski definition) is 0. The van der Waals surface area contributed by atoms with Gasteiger partial charge in [0.25, 0.3) is 0 Å². The van der Waals surface area contributed by atoms with Crippen molar-refractivity contribution < 1.29 is 0 Å². The summed E-state index contributed by atoms with van der Waals surface area (Å²) in [6.45, 7) is 0. The third kappa shape index (κ3) is 4.67. The summed E-state index contributed by atoms with van der Waals surface area (Å²) in [5.74, 6) is 0. The van der Waals surface area contributed by atoms with Crippen molar-refractivity contribution in [1.82, 2.24) is 0 Å². The fourth-order valence-electron chi connectivity index (χ4n) is 6.39. The Hall–Kier alpha value is -5.17. The minimum atomic E-state index is 0.748. The van der Waals surface area contributed by atoms with Crippen LogP contribution in [0.5, 0.6) is 0 Å². The molecule has 0 aliphatic heterocycles. The third-order valence-corrected chi connectivity index (χ3v) is 8.72. The molecule has 0 N–H and O–H groups in total. The first-order valence-corrected chi connectivity index (χ1v) is 15.0. The lowest BCUT2D eigenvalue weighted by Crippen LogP contribution is -1.86. The molecule has 0 nitrogen and oxygen atoms in total. The van der Waals surface area contributed by atoms with E-state index >= 15 is 0 Å². The molecule has 43 heavy (non-hydrogen) atoms. The van der Waals surface area contributed by atoms with Crippen molar-refractivity contribution >= 4 is 43.9 Å². The topological polar surface area (TPSA) is 0 Å². The van der Waals surface area contributed by atoms with Gasteiger partial charge in [0.15, 0.2) is 0 Å². The van der Waals surface area contributed by atoms with Crippen LogP contribution in [0.25, 0.3) is 76.8 Å². The fourth-order valence-corrected chi connectivity index (χ4v) is 6.58. The second-order valence-corrected chi connectivity index (χ2v) is 11.5. The Labute approximate surface area is 256 Å². The van der Waals surface area contributed by atoms with Crippen LogP contribution in [0.3, 0.4) is 0 Å². The van der Waals surface area contributed by atoms with Gasteiger partial charge in [-0.1, -0.05) is 139 Å². The highest BCUT2D eigenvalue weighted by molar-refractivity contribution is 6.30. The van der Waals surface area contributed by atoms with Crippen LogP contribution in [0, 0.1) is 0 Å². The van der Waals surface area contributed by atoms with Gasteiger partial charge in [-0.05, 0) is 113 Å². The van der Waals surface area contributed by atoms with E-state index in [0.717, 1.165) is 16.1 Å². The Morgan fingerprint density at radius 1 is 0.233 bits per heavy atom. The van der Waals surface area contributed by atoms with Gasteiger partial charge in [-0.25, -0.2) is 0 Å². The van der Waals surface area contributed by atoms with Crippen molar-refractivity contribution in [1.29, 1.82) is 0 Å². The quantitative estimate of drug-likeness (QED) is 0.186. The van der Waals surface area contributed by atoms with Crippen LogP contribution in [-0.4, -0.2) is 0 Å². The molecule has 8 aromatic rings. The molecule has 0 aliphatic carbocycles. The minimum Gasteiger partial charge on any atom is -0.0843 e. The molecule has 1 heteroatoms. The fraction of sp³-hybridized carbons (Fsp3) is 0. The number of fused-ring (bicyclic) bond motifs is 6. The van der Waals surface area contributed by atoms with Crippen LogP contribution in [0.1, 0.15) is 0 Å². The predicted molar refractivity (Wildman–Crippen MR) is 186 cm³/mol. The van der Waals surface area contributed by atoms with Crippen molar-refractivity contribution in [2.75, 3.05) is 0 Å². The number of halogens is 1. The van der Waals surface area contributed by atoms with Crippen LogP contribution in [0.2, 0.25) is 5.02 Å². The van der Waals surface area contributed by atoms with Crippen molar-refractivity contribution in [2.45, 2.75) is 0 Å². The molecule has 0 unspecified atom stereocenters. The minimum absolute atomic E-state index is 0.748. The average Bonchev–Trinajstić information content (AvgIpc) is 3.08. The zero-order chi connectivity index (χ0) is 28.8. The molecule has 0 heterocycles. The van der Waals surface area contributed by atoms with E-state index in [9.17, 15) is 0 Å². The van der Waals surface area contributed by atoms with Crippen LogP contribution in [0.4, 0.5) is 0 Å². The molecule has 0 radical (unpaired) electrons. The molecule has 0 aliphatic rings. The zero-order valence-electron chi connectivity index (χ0n) is 23.5. The molecule has 0 atom stereocenters. The Balaban J connectivity index is 1.20. The lowest BCUT2D eigenvalue weighted by molar-refractivity contribution is 1.57. The SMILES string of the molecule is Clc1cccc(-c2cccc(-c3cccc(-c4cccc(-c5ccc6c7ccccc7c7ccccc7c6c5)c4)c3)c2)c1. The smallest absolute Gasteiger partial charge is 0.0412 e. The molecule has 0 saturated heterocycles. The van der Waals surface area contributed by atoms with Gasteiger partial charge < -0.3 is 0 Å². The van der Waals surface area contributed by atoms with Crippen molar-refractivity contribution in [2.24, 2.45) is 0 Å². The van der Waals surface area contributed by atoms with Crippen molar-refractivity contribution in [3.63, 3.8) is 0 Å². The van der Waals surface area contributed by atoms with Crippen LogP contribution in [0.15, 0.2) is 164 Å². The van der Waals surface area contributed by atoms with Crippen LogP contribution >= 0.6 is 11.6 Å². The molecule has 0 saturated carbocycles. The summed E-state index contributed by atoms with van der Waals surface area (Å²) in [5.41, 5.74) is 9.49. The van der Waals surface area contributed by atoms with E-state index in [1.165, 1.54) is 65.7 Å². The third-order valence-electron chi connectivity index (χ3n) is 8.49. The van der Waals surface area contributed by atoms with Gasteiger partial charge in [0.1, 0.15) is 0 Å². The molecule has 0 fully saturated rings. The summed E-state index contributed by atoms with van der Waals surface area (Å²) >= 11 is 6.27. The Kier molecular flexibility index (Phi) is 6.29. The second-order valence-electron chi connectivity index (χ2n) is 11.1. The van der Waals surface area contributed by atoms with Gasteiger partial charge in [0.2, 0.25) is 0 Å². The first kappa shape index (κ1) is 25.5. The highest BCUT2D eigenvalue weighted by Gasteiger charge is 2.11. The zero-order valence-corrected chi connectivity index (χ0v) is 24.2. The summed E-state index contributed by atoms with van der Waals surface area (Å²) in [7, 11) is 0. The lowest BCUT2D eigenvalue weighted by atomic mass is 9.91.